The number of fused-ring (bicyclic) bond motifs is 1. The van der Waals surface area contributed by atoms with Crippen LogP contribution >= 0.6 is 0 Å². The molecule has 0 spiro atoms. The van der Waals surface area contributed by atoms with E-state index in [2.05, 4.69) is 0 Å². The summed E-state index contributed by atoms with van der Waals surface area (Å²) in [6, 6.07) is 16.0. The van der Waals surface area contributed by atoms with Crippen LogP contribution in [0.15, 0.2) is 83.3 Å². The SMILES string of the molecule is CCN1C(C)=C(C(=O)OC)C(c2ccccc2)N2C(=O)[C@](O)(C(=O)OC)C(c3ccccc3)C(C(C)=O)=C12. The lowest BCUT2D eigenvalue weighted by Crippen LogP contribution is -2.65. The number of hydrogen-bond acceptors (Lipinski definition) is 8. The quantitative estimate of drug-likeness (QED) is 0.459. The lowest BCUT2D eigenvalue weighted by atomic mass is 9.71. The number of hydrogen-bond donors (Lipinski definition) is 1. The summed E-state index contributed by atoms with van der Waals surface area (Å²) in [5.41, 5.74) is -1.19. The first-order valence-electron chi connectivity index (χ1n) is 12.2. The first-order valence-corrected chi connectivity index (χ1v) is 12.2. The average Bonchev–Trinajstić information content (AvgIpc) is 2.93. The molecule has 1 amide bonds. The van der Waals surface area contributed by atoms with Gasteiger partial charge >= 0.3 is 11.9 Å². The molecule has 2 aromatic rings. The van der Waals surface area contributed by atoms with Gasteiger partial charge in [-0.3, -0.25) is 14.5 Å². The number of carbonyl (C=O) groups is 4. The van der Waals surface area contributed by atoms with Crippen molar-refractivity contribution in [2.24, 2.45) is 0 Å². The lowest BCUT2D eigenvalue weighted by molar-refractivity contribution is -0.179. The second kappa shape index (κ2) is 10.3. The first-order chi connectivity index (χ1) is 18.1. The third-order valence-corrected chi connectivity index (χ3v) is 7.15. The van der Waals surface area contributed by atoms with E-state index in [1.54, 1.807) is 72.5 Å². The number of allylic oxidation sites excluding steroid dienone is 1. The van der Waals surface area contributed by atoms with Crippen molar-refractivity contribution in [3.8, 4) is 0 Å². The molecule has 3 atom stereocenters. The number of carbonyl (C=O) groups excluding carboxylic acids is 4. The van der Waals surface area contributed by atoms with Crippen LogP contribution in [0.5, 0.6) is 0 Å². The number of nitrogens with zero attached hydrogens (tertiary/aromatic N) is 2. The molecular weight excluding hydrogens is 488 g/mol. The molecule has 2 aliphatic heterocycles. The van der Waals surface area contributed by atoms with Crippen molar-refractivity contribution >= 4 is 23.6 Å². The molecule has 4 rings (SSSR count). The highest BCUT2D eigenvalue weighted by Gasteiger charge is 2.64. The van der Waals surface area contributed by atoms with Crippen LogP contribution in [0.2, 0.25) is 0 Å². The first kappa shape index (κ1) is 26.8. The van der Waals surface area contributed by atoms with Crippen LogP contribution < -0.4 is 0 Å². The summed E-state index contributed by atoms with van der Waals surface area (Å²) in [7, 11) is 2.30. The number of benzene rings is 2. The molecule has 9 nitrogen and oxygen atoms in total. The summed E-state index contributed by atoms with van der Waals surface area (Å²) in [4.78, 5) is 57.2. The standard InChI is InChI=1S/C29H30N2O7/c1-6-30-17(2)21(26(33)37-4)24(20-15-11-8-12-16-20)31-25(30)22(18(3)32)23(19-13-9-7-10-14-19)29(36,27(31)34)28(35)38-5/h7-16,23-24,36H,6H2,1-5H3/t23?,24?,29-/m0/s1. The predicted octanol–water partition coefficient (Wildman–Crippen LogP) is 2.84. The Morgan fingerprint density at radius 3 is 1.95 bits per heavy atom. The fourth-order valence-electron chi connectivity index (χ4n) is 5.50. The largest absolute Gasteiger partial charge is 0.466 e. The Morgan fingerprint density at radius 2 is 1.47 bits per heavy atom. The number of ether oxygens (including phenoxy) is 2. The number of aliphatic hydroxyl groups is 1. The van der Waals surface area contributed by atoms with Crippen LogP contribution in [-0.4, -0.2) is 64.9 Å². The minimum Gasteiger partial charge on any atom is -0.466 e. The van der Waals surface area contributed by atoms with Gasteiger partial charge in [-0.25, -0.2) is 9.59 Å². The Bertz CT molecular complexity index is 1350. The molecule has 198 valence electrons. The van der Waals surface area contributed by atoms with Crippen molar-refractivity contribution in [3.63, 3.8) is 0 Å². The van der Waals surface area contributed by atoms with Crippen molar-refractivity contribution in [1.29, 1.82) is 0 Å². The summed E-state index contributed by atoms with van der Waals surface area (Å²) in [6.45, 7) is 5.14. The maximum atomic E-state index is 14.5. The van der Waals surface area contributed by atoms with Gasteiger partial charge in [0.1, 0.15) is 5.82 Å². The fourth-order valence-corrected chi connectivity index (χ4v) is 5.50. The summed E-state index contributed by atoms with van der Waals surface area (Å²) in [5.74, 6) is -4.52. The highest BCUT2D eigenvalue weighted by atomic mass is 16.5. The molecule has 1 N–H and O–H groups in total. The van der Waals surface area contributed by atoms with Crippen LogP contribution in [-0.2, 0) is 28.7 Å². The number of esters is 2. The predicted molar refractivity (Wildman–Crippen MR) is 137 cm³/mol. The van der Waals surface area contributed by atoms with E-state index in [0.717, 1.165) is 7.11 Å². The van der Waals surface area contributed by atoms with Crippen molar-refractivity contribution in [3.05, 3.63) is 94.5 Å². The summed E-state index contributed by atoms with van der Waals surface area (Å²) < 4.78 is 10.1. The molecule has 0 saturated heterocycles. The highest BCUT2D eigenvalue weighted by molar-refractivity contribution is 6.13. The number of amides is 1. The maximum absolute atomic E-state index is 14.5. The van der Waals surface area contributed by atoms with Gasteiger partial charge in [0, 0.05) is 17.8 Å². The maximum Gasteiger partial charge on any atom is 0.348 e. The molecule has 2 unspecified atom stereocenters. The van der Waals surface area contributed by atoms with Gasteiger partial charge in [0.15, 0.2) is 5.78 Å². The smallest absolute Gasteiger partial charge is 0.348 e. The van der Waals surface area contributed by atoms with Crippen LogP contribution in [0.1, 0.15) is 43.9 Å². The summed E-state index contributed by atoms with van der Waals surface area (Å²) >= 11 is 0. The zero-order valence-electron chi connectivity index (χ0n) is 21.9. The molecule has 0 fully saturated rings. The molecule has 0 bridgehead atoms. The normalized spacial score (nSPS) is 23.3. The van der Waals surface area contributed by atoms with Crippen LogP contribution in [0.3, 0.4) is 0 Å². The monoisotopic (exact) mass is 518 g/mol. The van der Waals surface area contributed by atoms with E-state index in [9.17, 15) is 24.3 Å². The Balaban J connectivity index is 2.20. The van der Waals surface area contributed by atoms with Gasteiger partial charge in [-0.15, -0.1) is 0 Å². The molecule has 0 aromatic heterocycles. The van der Waals surface area contributed by atoms with Crippen LogP contribution in [0, 0.1) is 0 Å². The Morgan fingerprint density at radius 1 is 0.921 bits per heavy atom. The molecule has 0 saturated carbocycles. The fraction of sp³-hybridized carbons (Fsp3) is 0.310. The summed E-state index contributed by atoms with van der Waals surface area (Å²) in [6.07, 6.45) is 0. The molecule has 0 aliphatic carbocycles. The zero-order chi connectivity index (χ0) is 27.8. The third kappa shape index (κ3) is 3.90. The van der Waals surface area contributed by atoms with Gasteiger partial charge in [-0.05, 0) is 31.9 Å². The van der Waals surface area contributed by atoms with E-state index < -0.39 is 41.2 Å². The molecule has 2 heterocycles. The van der Waals surface area contributed by atoms with E-state index in [1.165, 1.54) is 18.9 Å². The van der Waals surface area contributed by atoms with E-state index in [4.69, 9.17) is 9.47 Å². The molecule has 2 aliphatic rings. The van der Waals surface area contributed by atoms with Gasteiger partial charge in [-0.2, -0.15) is 0 Å². The van der Waals surface area contributed by atoms with Gasteiger partial charge in [0.2, 0.25) is 0 Å². The molecule has 38 heavy (non-hydrogen) atoms. The Hall–Kier alpha value is -4.24. The number of methoxy groups -OCH3 is 2. The van der Waals surface area contributed by atoms with Gasteiger partial charge in [-0.1, -0.05) is 60.7 Å². The van der Waals surface area contributed by atoms with Crippen molar-refractivity contribution < 1.29 is 33.8 Å². The average molecular weight is 519 g/mol. The molecule has 2 aromatic carbocycles. The van der Waals surface area contributed by atoms with Crippen LogP contribution in [0.25, 0.3) is 0 Å². The molecular formula is C29H30N2O7. The van der Waals surface area contributed by atoms with Crippen molar-refractivity contribution in [2.75, 3.05) is 20.8 Å². The van der Waals surface area contributed by atoms with Gasteiger partial charge in [0.25, 0.3) is 11.5 Å². The Kier molecular flexibility index (Phi) is 7.24. The minimum atomic E-state index is -2.79. The summed E-state index contributed by atoms with van der Waals surface area (Å²) in [5, 5.41) is 12.0. The van der Waals surface area contributed by atoms with Gasteiger partial charge in [0.05, 0.1) is 31.8 Å². The van der Waals surface area contributed by atoms with E-state index in [0.29, 0.717) is 16.8 Å². The highest BCUT2D eigenvalue weighted by Crippen LogP contribution is 2.52. The van der Waals surface area contributed by atoms with E-state index in [1.807, 2.05) is 6.92 Å². The number of ketones is 1. The second-order valence-corrected chi connectivity index (χ2v) is 9.12. The second-order valence-electron chi connectivity index (χ2n) is 9.12. The van der Waals surface area contributed by atoms with E-state index >= 15 is 0 Å². The third-order valence-electron chi connectivity index (χ3n) is 7.15. The van der Waals surface area contributed by atoms with Crippen molar-refractivity contribution in [2.45, 2.75) is 38.3 Å². The van der Waals surface area contributed by atoms with Gasteiger partial charge < -0.3 is 19.5 Å². The number of Topliss-reactive ketones (excluding diaryl/α,β-unsaturated/α-hetero) is 1. The molecule has 9 heteroatoms. The topological polar surface area (TPSA) is 113 Å². The van der Waals surface area contributed by atoms with Crippen molar-refractivity contribution in [1.82, 2.24) is 9.80 Å². The molecule has 0 radical (unpaired) electrons. The lowest BCUT2D eigenvalue weighted by Gasteiger charge is -2.52. The van der Waals surface area contributed by atoms with Crippen LogP contribution in [0.4, 0.5) is 0 Å². The zero-order valence-corrected chi connectivity index (χ0v) is 21.9. The minimum absolute atomic E-state index is 0.0507. The Labute approximate surface area is 220 Å². The number of rotatable bonds is 6. The van der Waals surface area contributed by atoms with E-state index in [-0.39, 0.29) is 23.5 Å².